The van der Waals surface area contributed by atoms with Gasteiger partial charge in [-0.25, -0.2) is 0 Å². The third-order valence-corrected chi connectivity index (χ3v) is 17.9. The van der Waals surface area contributed by atoms with Gasteiger partial charge in [0.2, 0.25) is 0 Å². The Hall–Kier alpha value is -2.22. The van der Waals surface area contributed by atoms with Crippen LogP contribution in [0, 0.1) is 22.7 Å². The van der Waals surface area contributed by atoms with Gasteiger partial charge in [0.1, 0.15) is 0 Å². The van der Waals surface area contributed by atoms with Gasteiger partial charge < -0.3 is 24.8 Å². The summed E-state index contributed by atoms with van der Waals surface area (Å²) in [5, 5.41) is 5.71. The van der Waals surface area contributed by atoms with E-state index in [2.05, 4.69) is 137 Å². The summed E-state index contributed by atoms with van der Waals surface area (Å²) in [6, 6.07) is 43.5. The van der Waals surface area contributed by atoms with Crippen molar-refractivity contribution in [1.82, 2.24) is 0 Å². The second-order valence-electron chi connectivity index (χ2n) is 19.4. The maximum absolute atomic E-state index is 2.49. The van der Waals surface area contributed by atoms with Crippen LogP contribution in [0.15, 0.2) is 109 Å². The van der Waals surface area contributed by atoms with Crippen LogP contribution in [0.3, 0.4) is 0 Å². The number of hydrogen-bond donors (Lipinski definition) is 0. The molecule has 6 aromatic rings. The van der Waals surface area contributed by atoms with Crippen molar-refractivity contribution in [2.75, 3.05) is 0 Å². The van der Waals surface area contributed by atoms with Gasteiger partial charge in [-0.3, -0.25) is 0 Å². The molecule has 4 bridgehead atoms. The molecule has 0 atom stereocenters. The van der Waals surface area contributed by atoms with E-state index >= 15 is 0 Å². The van der Waals surface area contributed by atoms with Gasteiger partial charge in [-0.15, -0.1) is 69.1 Å². The van der Waals surface area contributed by atoms with Crippen molar-refractivity contribution in [3.05, 3.63) is 131 Å². The third-order valence-electron chi connectivity index (χ3n) is 14.8. The van der Waals surface area contributed by atoms with Crippen LogP contribution >= 0.6 is 0 Å². The quantitative estimate of drug-likeness (QED) is 0.0848. The summed E-state index contributed by atoms with van der Waals surface area (Å²) < 4.78 is 0. The fourth-order valence-corrected chi connectivity index (χ4v) is 14.5. The average molecular weight is 931 g/mol. The summed E-state index contributed by atoms with van der Waals surface area (Å²) in [6.45, 7) is 9.15. The van der Waals surface area contributed by atoms with Crippen LogP contribution in [0.2, 0.25) is 12.6 Å². The van der Waals surface area contributed by atoms with Crippen molar-refractivity contribution in [2.24, 2.45) is 22.7 Å². The summed E-state index contributed by atoms with van der Waals surface area (Å²) >= 11 is 1.79. The van der Waals surface area contributed by atoms with Gasteiger partial charge in [-0.2, -0.15) is 12.1 Å². The molecule has 4 fully saturated rings. The summed E-state index contributed by atoms with van der Waals surface area (Å²) in [4.78, 5) is 0. The van der Waals surface area contributed by atoms with Gasteiger partial charge >= 0.3 is 54.7 Å². The summed E-state index contributed by atoms with van der Waals surface area (Å²) in [6.07, 6.45) is 23.5. The van der Waals surface area contributed by atoms with Crippen molar-refractivity contribution in [3.8, 4) is 22.3 Å². The number of rotatable bonds is 12. The van der Waals surface area contributed by atoms with E-state index < -0.39 is 0 Å². The maximum atomic E-state index is 2.49. The Labute approximate surface area is 391 Å². The summed E-state index contributed by atoms with van der Waals surface area (Å²) in [7, 11) is 0. The molecule has 0 N–H and O–H groups in total. The third kappa shape index (κ3) is 11.1. The number of halogens is 2. The molecule has 0 heterocycles. The molecule has 0 saturated heterocycles. The zero-order chi connectivity index (χ0) is 40.1. The van der Waals surface area contributed by atoms with Crippen LogP contribution in [0.25, 0.3) is 43.8 Å². The number of benzene rings is 4. The average Bonchev–Trinajstić information content (AvgIpc) is 4.10. The van der Waals surface area contributed by atoms with Crippen LogP contribution in [-0.4, -0.2) is 5.43 Å². The molecule has 316 valence electrons. The summed E-state index contributed by atoms with van der Waals surface area (Å²) in [5.74, 6) is 2.08. The smallest absolute Gasteiger partial charge is 0.0270 e. The van der Waals surface area contributed by atoms with Gasteiger partial charge in [0.25, 0.3) is 0 Å². The normalized spacial score (nSPS) is 22.2. The monoisotopic (exact) mass is 928 g/mol. The Kier molecular flexibility index (Phi) is 16.9. The first-order valence-corrected chi connectivity index (χ1v) is 29.3. The fraction of sp³-hybridized carbons (Fsp3) is 0.464. The van der Waals surface area contributed by atoms with E-state index in [-0.39, 0.29) is 30.2 Å². The molecule has 60 heavy (non-hydrogen) atoms. The number of hydrogen-bond acceptors (Lipinski definition) is 0. The van der Waals surface area contributed by atoms with Crippen molar-refractivity contribution < 1.29 is 48.1 Å². The fourth-order valence-electron chi connectivity index (χ4n) is 11.9. The molecule has 0 radical (unpaired) electrons. The second kappa shape index (κ2) is 21.4. The van der Waals surface area contributed by atoms with E-state index in [1.165, 1.54) is 170 Å². The Morgan fingerprint density at radius 3 is 1.27 bits per heavy atom. The first-order chi connectivity index (χ1) is 28.3. The minimum atomic E-state index is 0. The van der Waals surface area contributed by atoms with Crippen LogP contribution < -0.4 is 24.8 Å². The maximum Gasteiger partial charge on any atom is -0.0270 e. The molecule has 0 aliphatic heterocycles. The molecule has 4 aliphatic carbocycles. The van der Waals surface area contributed by atoms with Crippen molar-refractivity contribution in [1.29, 1.82) is 0 Å². The molecule has 6 aromatic carbocycles. The van der Waals surface area contributed by atoms with E-state index in [9.17, 15) is 0 Å². The van der Waals surface area contributed by atoms with Crippen LogP contribution in [0.4, 0.5) is 0 Å². The second-order valence-corrected chi connectivity index (χ2v) is 27.8. The zero-order valence-corrected chi connectivity index (χ0v) is 42.0. The van der Waals surface area contributed by atoms with Gasteiger partial charge in [-0.05, 0) is 135 Å². The standard InChI is InChI=1S/2C26H29.C4H10Si.2ClH.Zr/c2*1-2-4-19-7-9-22(10-8-19)24-6-3-5-23-15-21(16-25(23)24)18-26-13-11-20(17-26)12-14-26;1-3-4-5-2;;;/h2*3,5-10,15-16,20H,2,4,11-14,17-18H2,1H3;3-4H2,1-2H3;2*1H;/q2*-1;;;;+2/p-2. The van der Waals surface area contributed by atoms with Crippen molar-refractivity contribution in [3.63, 3.8) is 0 Å². The molecule has 0 unspecified atom stereocenters. The zero-order valence-electron chi connectivity index (χ0n) is 37.0. The minimum Gasteiger partial charge on any atom is -1.00 e. The first-order valence-electron chi connectivity index (χ1n) is 23.4. The molecule has 0 nitrogen and oxygen atoms in total. The largest absolute Gasteiger partial charge is 1.00 e. The topological polar surface area (TPSA) is 0 Å². The summed E-state index contributed by atoms with van der Waals surface area (Å²) in [5.41, 5.74) is 13.0. The van der Waals surface area contributed by atoms with E-state index in [0.717, 1.165) is 11.8 Å². The molecular formula is C56H68Cl2SiZr-2. The van der Waals surface area contributed by atoms with E-state index in [1.807, 2.05) is 0 Å². The van der Waals surface area contributed by atoms with Crippen molar-refractivity contribution >= 4 is 27.0 Å². The molecular weight excluding hydrogens is 863 g/mol. The molecule has 4 aliphatic rings. The molecule has 4 heteroatoms. The minimum absolute atomic E-state index is 0. The predicted molar refractivity (Wildman–Crippen MR) is 250 cm³/mol. The number of fused-ring (bicyclic) bond motifs is 6. The van der Waals surface area contributed by atoms with Crippen molar-refractivity contribution in [2.45, 2.75) is 143 Å². The Balaban J connectivity index is 0.000000172. The number of aryl methyl sites for hydroxylation is 2. The molecule has 10 rings (SSSR count). The van der Waals surface area contributed by atoms with Crippen LogP contribution in [-0.2, 0) is 49.0 Å². The SMILES string of the molecule is CCC[Si](C)=[Zr+2].CCCc1ccc(-c2cccc3[cH-]c(CC45CCC(CC4)C5)cc23)cc1.CCCc1ccc(-c2cccc3[cH-]c(CC45CCC(CC4)C5)cc23)cc1.[Cl-].[Cl-]. The predicted octanol–water partition coefficient (Wildman–Crippen LogP) is 10.2. The van der Waals surface area contributed by atoms with Gasteiger partial charge in [0.15, 0.2) is 0 Å². The van der Waals surface area contributed by atoms with E-state index in [4.69, 9.17) is 0 Å². The van der Waals surface area contributed by atoms with Gasteiger partial charge in [0.05, 0.1) is 0 Å². The molecule has 0 amide bonds. The molecule has 0 spiro atoms. The Morgan fingerprint density at radius 2 is 0.967 bits per heavy atom. The van der Waals surface area contributed by atoms with Gasteiger partial charge in [0, 0.05) is 0 Å². The molecule has 0 aromatic heterocycles. The molecule has 4 saturated carbocycles. The first kappa shape index (κ1) is 47.3. The van der Waals surface area contributed by atoms with Gasteiger partial charge in [-0.1, -0.05) is 98.5 Å². The van der Waals surface area contributed by atoms with Crippen LogP contribution in [0.5, 0.6) is 0 Å². The Bertz CT molecular complexity index is 2120. The van der Waals surface area contributed by atoms with E-state index in [1.54, 1.807) is 34.5 Å². The Morgan fingerprint density at radius 1 is 0.567 bits per heavy atom. The van der Waals surface area contributed by atoms with E-state index in [0.29, 0.717) is 10.8 Å². The van der Waals surface area contributed by atoms with Crippen LogP contribution in [0.1, 0.15) is 126 Å².